The van der Waals surface area contributed by atoms with Gasteiger partial charge in [-0.05, 0) is 44.2 Å². The summed E-state index contributed by atoms with van der Waals surface area (Å²) >= 11 is 0. The summed E-state index contributed by atoms with van der Waals surface area (Å²) in [4.78, 5) is 0. The lowest BCUT2D eigenvalue weighted by molar-refractivity contribution is 0.415. The summed E-state index contributed by atoms with van der Waals surface area (Å²) in [7, 11) is 1.65. The molecule has 1 aromatic carbocycles. The molecule has 0 spiro atoms. The van der Waals surface area contributed by atoms with Gasteiger partial charge in [-0.3, -0.25) is 0 Å². The Balaban J connectivity index is 1.84. The Kier molecular flexibility index (Phi) is 4.51. The van der Waals surface area contributed by atoms with Crippen molar-refractivity contribution in [3.05, 3.63) is 29.8 Å². The lowest BCUT2D eigenvalue weighted by Gasteiger charge is -2.14. The van der Waals surface area contributed by atoms with Crippen LogP contribution in [0.25, 0.3) is 0 Å². The standard InChI is InChI=1S/C15H22N2O/c1-18-13-7-8-15(14(16)11-13)17-10-9-12-5-3-2-4-6-12/h5,7-8,11,17H,2-4,6,9-10,16H2,1H3. The van der Waals surface area contributed by atoms with Crippen LogP contribution in [0.3, 0.4) is 0 Å². The van der Waals surface area contributed by atoms with Gasteiger partial charge in [-0.2, -0.15) is 0 Å². The Morgan fingerprint density at radius 1 is 1.33 bits per heavy atom. The molecule has 0 amide bonds. The van der Waals surface area contributed by atoms with Gasteiger partial charge in [0, 0.05) is 12.6 Å². The molecule has 18 heavy (non-hydrogen) atoms. The molecule has 0 radical (unpaired) electrons. The molecule has 0 heterocycles. The smallest absolute Gasteiger partial charge is 0.121 e. The molecule has 0 fully saturated rings. The molecule has 3 heteroatoms. The maximum absolute atomic E-state index is 5.96. The quantitative estimate of drug-likeness (QED) is 0.616. The number of nitrogens with two attached hydrogens (primary N) is 1. The summed E-state index contributed by atoms with van der Waals surface area (Å²) in [5.41, 5.74) is 9.28. The van der Waals surface area contributed by atoms with Crippen LogP contribution >= 0.6 is 0 Å². The van der Waals surface area contributed by atoms with E-state index in [1.165, 1.54) is 25.7 Å². The van der Waals surface area contributed by atoms with Gasteiger partial charge < -0.3 is 15.8 Å². The van der Waals surface area contributed by atoms with Crippen molar-refractivity contribution < 1.29 is 4.74 Å². The van der Waals surface area contributed by atoms with Crippen molar-refractivity contribution in [2.75, 3.05) is 24.7 Å². The summed E-state index contributed by atoms with van der Waals surface area (Å²) < 4.78 is 5.13. The fourth-order valence-corrected chi connectivity index (χ4v) is 2.32. The average Bonchev–Trinajstić information content (AvgIpc) is 2.42. The third kappa shape index (κ3) is 3.42. The van der Waals surface area contributed by atoms with E-state index >= 15 is 0 Å². The van der Waals surface area contributed by atoms with E-state index in [-0.39, 0.29) is 0 Å². The lowest BCUT2D eigenvalue weighted by Crippen LogP contribution is -2.06. The first-order chi connectivity index (χ1) is 8.79. The number of hydrogen-bond acceptors (Lipinski definition) is 3. The van der Waals surface area contributed by atoms with Gasteiger partial charge in [0.1, 0.15) is 5.75 Å². The zero-order valence-electron chi connectivity index (χ0n) is 11.0. The Hall–Kier alpha value is -1.64. The van der Waals surface area contributed by atoms with Gasteiger partial charge in [-0.25, -0.2) is 0 Å². The van der Waals surface area contributed by atoms with Crippen molar-refractivity contribution in [1.29, 1.82) is 0 Å². The Labute approximate surface area is 109 Å². The molecule has 3 nitrogen and oxygen atoms in total. The molecule has 0 unspecified atom stereocenters. The summed E-state index contributed by atoms with van der Waals surface area (Å²) in [5.74, 6) is 0.799. The summed E-state index contributed by atoms with van der Waals surface area (Å²) in [6.07, 6.45) is 8.71. The maximum atomic E-state index is 5.96. The highest BCUT2D eigenvalue weighted by Gasteiger charge is 2.04. The number of benzene rings is 1. The van der Waals surface area contributed by atoms with Crippen molar-refractivity contribution >= 4 is 11.4 Å². The predicted octanol–water partition coefficient (Wildman–Crippen LogP) is 3.58. The number of rotatable bonds is 5. The molecule has 0 saturated heterocycles. The van der Waals surface area contributed by atoms with Crippen molar-refractivity contribution in [2.24, 2.45) is 0 Å². The van der Waals surface area contributed by atoms with E-state index in [9.17, 15) is 0 Å². The molecular formula is C15H22N2O. The molecule has 1 aliphatic carbocycles. The fourth-order valence-electron chi connectivity index (χ4n) is 2.32. The minimum atomic E-state index is 0.743. The highest BCUT2D eigenvalue weighted by molar-refractivity contribution is 5.68. The Morgan fingerprint density at radius 2 is 2.22 bits per heavy atom. The topological polar surface area (TPSA) is 47.3 Å². The van der Waals surface area contributed by atoms with Crippen LogP contribution in [0, 0.1) is 0 Å². The first-order valence-corrected chi connectivity index (χ1v) is 6.65. The zero-order valence-corrected chi connectivity index (χ0v) is 11.0. The van der Waals surface area contributed by atoms with Crippen LogP contribution in [0.15, 0.2) is 29.8 Å². The number of hydrogen-bond donors (Lipinski definition) is 2. The molecule has 98 valence electrons. The molecule has 0 atom stereocenters. The fraction of sp³-hybridized carbons (Fsp3) is 0.467. The zero-order chi connectivity index (χ0) is 12.8. The normalized spacial score (nSPS) is 15.1. The Morgan fingerprint density at radius 3 is 2.89 bits per heavy atom. The van der Waals surface area contributed by atoms with Gasteiger partial charge in [0.15, 0.2) is 0 Å². The molecule has 0 saturated carbocycles. The summed E-state index contributed by atoms with van der Waals surface area (Å²) in [6.45, 7) is 0.947. The van der Waals surface area contributed by atoms with Crippen molar-refractivity contribution in [2.45, 2.75) is 32.1 Å². The van der Waals surface area contributed by atoms with E-state index in [1.54, 1.807) is 12.7 Å². The van der Waals surface area contributed by atoms with Gasteiger partial charge in [0.25, 0.3) is 0 Å². The van der Waals surface area contributed by atoms with Crippen LogP contribution in [0.2, 0.25) is 0 Å². The second-order valence-electron chi connectivity index (χ2n) is 4.74. The second-order valence-corrected chi connectivity index (χ2v) is 4.74. The maximum Gasteiger partial charge on any atom is 0.121 e. The van der Waals surface area contributed by atoms with Crippen molar-refractivity contribution in [1.82, 2.24) is 0 Å². The Bertz CT molecular complexity index is 427. The molecule has 2 rings (SSSR count). The third-order valence-electron chi connectivity index (χ3n) is 3.41. The van der Waals surface area contributed by atoms with E-state index in [0.717, 1.165) is 30.1 Å². The van der Waals surface area contributed by atoms with Crippen LogP contribution in [0.1, 0.15) is 32.1 Å². The summed E-state index contributed by atoms with van der Waals surface area (Å²) in [5, 5.41) is 3.39. The highest BCUT2D eigenvalue weighted by atomic mass is 16.5. The molecule has 0 aliphatic heterocycles. The first-order valence-electron chi connectivity index (χ1n) is 6.65. The van der Waals surface area contributed by atoms with Crippen LogP contribution < -0.4 is 15.8 Å². The molecule has 0 aromatic heterocycles. The van der Waals surface area contributed by atoms with E-state index in [2.05, 4.69) is 11.4 Å². The number of nitrogen functional groups attached to an aromatic ring is 1. The van der Waals surface area contributed by atoms with Crippen molar-refractivity contribution in [3.63, 3.8) is 0 Å². The summed E-state index contributed by atoms with van der Waals surface area (Å²) in [6, 6.07) is 5.75. The molecule has 1 aromatic rings. The highest BCUT2D eigenvalue weighted by Crippen LogP contribution is 2.25. The van der Waals surface area contributed by atoms with Crippen LogP contribution in [0.4, 0.5) is 11.4 Å². The monoisotopic (exact) mass is 246 g/mol. The van der Waals surface area contributed by atoms with Gasteiger partial charge in [0.05, 0.1) is 18.5 Å². The largest absolute Gasteiger partial charge is 0.497 e. The van der Waals surface area contributed by atoms with Gasteiger partial charge in [0.2, 0.25) is 0 Å². The minimum Gasteiger partial charge on any atom is -0.497 e. The van der Waals surface area contributed by atoms with Crippen LogP contribution in [0.5, 0.6) is 5.75 Å². The lowest BCUT2D eigenvalue weighted by atomic mass is 9.97. The number of nitrogens with one attached hydrogen (secondary N) is 1. The van der Waals surface area contributed by atoms with E-state index in [4.69, 9.17) is 10.5 Å². The predicted molar refractivity (Wildman–Crippen MR) is 77.1 cm³/mol. The SMILES string of the molecule is COc1ccc(NCCC2=CCCCC2)c(N)c1. The number of methoxy groups -OCH3 is 1. The first kappa shape index (κ1) is 12.8. The number of allylic oxidation sites excluding steroid dienone is 1. The number of anilines is 2. The van der Waals surface area contributed by atoms with Crippen LogP contribution in [-0.4, -0.2) is 13.7 Å². The van der Waals surface area contributed by atoms with E-state index in [0.29, 0.717) is 0 Å². The third-order valence-corrected chi connectivity index (χ3v) is 3.41. The average molecular weight is 246 g/mol. The molecular weight excluding hydrogens is 224 g/mol. The van der Waals surface area contributed by atoms with Gasteiger partial charge in [-0.1, -0.05) is 11.6 Å². The molecule has 0 bridgehead atoms. The second kappa shape index (κ2) is 6.34. The molecule has 1 aliphatic rings. The molecule has 3 N–H and O–H groups in total. The van der Waals surface area contributed by atoms with E-state index < -0.39 is 0 Å². The minimum absolute atomic E-state index is 0.743. The van der Waals surface area contributed by atoms with Crippen LogP contribution in [-0.2, 0) is 0 Å². The van der Waals surface area contributed by atoms with Gasteiger partial charge in [-0.15, -0.1) is 0 Å². The van der Waals surface area contributed by atoms with Gasteiger partial charge >= 0.3 is 0 Å². The van der Waals surface area contributed by atoms with E-state index in [1.807, 2.05) is 18.2 Å². The van der Waals surface area contributed by atoms with Crippen molar-refractivity contribution in [3.8, 4) is 5.75 Å². The number of ether oxygens (including phenoxy) is 1.